The van der Waals surface area contributed by atoms with Crippen molar-refractivity contribution in [2.24, 2.45) is 0 Å². The van der Waals surface area contributed by atoms with Crippen molar-refractivity contribution in [1.82, 2.24) is 14.5 Å². The largest absolute Gasteiger partial charge is 0.456 e. The Morgan fingerprint density at radius 2 is 1.00 bits per heavy atom. The second-order valence-corrected chi connectivity index (χ2v) is 12.6. The normalized spacial score (nSPS) is 11.6. The summed E-state index contributed by atoms with van der Waals surface area (Å²) in [5, 5.41) is 4.69. The highest BCUT2D eigenvalue weighted by atomic mass is 16.3. The minimum atomic E-state index is 0.687. The quantitative estimate of drug-likeness (QED) is 0.188. The molecule has 0 spiro atoms. The molecule has 0 aliphatic carbocycles. The van der Waals surface area contributed by atoms with Crippen LogP contribution in [0.4, 0.5) is 0 Å². The second kappa shape index (κ2) is 11.4. The Bertz CT molecular complexity index is 2830. The van der Waals surface area contributed by atoms with Gasteiger partial charge in [-0.05, 0) is 59.7 Å². The summed E-state index contributed by atoms with van der Waals surface area (Å²) in [5.74, 6) is 0.687. The van der Waals surface area contributed by atoms with Gasteiger partial charge in [0.1, 0.15) is 11.2 Å². The van der Waals surface area contributed by atoms with Gasteiger partial charge in [0.15, 0.2) is 5.82 Å². The number of benzene rings is 7. The van der Waals surface area contributed by atoms with E-state index in [1.54, 1.807) is 0 Å². The topological polar surface area (TPSA) is 43.9 Å². The van der Waals surface area contributed by atoms with E-state index in [-0.39, 0.29) is 0 Å². The van der Waals surface area contributed by atoms with E-state index in [1.165, 1.54) is 21.8 Å². The maximum Gasteiger partial charge on any atom is 0.160 e. The molecule has 0 atom stereocenters. The molecule has 0 radical (unpaired) electrons. The highest BCUT2D eigenvalue weighted by molar-refractivity contribution is 6.09. The summed E-state index contributed by atoms with van der Waals surface area (Å²) in [4.78, 5) is 10.4. The van der Waals surface area contributed by atoms with E-state index < -0.39 is 0 Å². The molecular formula is C46H29N3O. The number of nitrogens with zero attached hydrogens (tertiary/aromatic N) is 3. The fraction of sp³-hybridized carbons (Fsp3) is 0. The third-order valence-corrected chi connectivity index (χ3v) is 9.63. The van der Waals surface area contributed by atoms with Crippen LogP contribution in [0.15, 0.2) is 180 Å². The van der Waals surface area contributed by atoms with E-state index in [9.17, 15) is 0 Å². The van der Waals surface area contributed by atoms with Gasteiger partial charge in [-0.3, -0.25) is 0 Å². The summed E-state index contributed by atoms with van der Waals surface area (Å²) < 4.78 is 8.50. The van der Waals surface area contributed by atoms with Crippen LogP contribution in [-0.4, -0.2) is 14.5 Å². The predicted octanol–water partition coefficient (Wildman–Crippen LogP) is 12.1. The zero-order chi connectivity index (χ0) is 33.0. The number of aromatic nitrogens is 3. The number of hydrogen-bond acceptors (Lipinski definition) is 3. The van der Waals surface area contributed by atoms with Gasteiger partial charge >= 0.3 is 0 Å². The summed E-state index contributed by atoms with van der Waals surface area (Å²) in [6.45, 7) is 0. The lowest BCUT2D eigenvalue weighted by Crippen LogP contribution is -1.98. The van der Waals surface area contributed by atoms with Crippen molar-refractivity contribution in [2.75, 3.05) is 0 Å². The van der Waals surface area contributed by atoms with E-state index in [2.05, 4.69) is 150 Å². The Hall–Kier alpha value is -6.78. The fourth-order valence-corrected chi connectivity index (χ4v) is 7.31. The Balaban J connectivity index is 1.16. The standard InChI is InChI=1S/C46H29N3O/c1-2-13-30(14-3-1)46-47-40(32-15-12-16-33(27-32)49-42-22-9-6-19-36(42)37-20-7-10-23-43(37)49)29-41(48-46)35-18-5-4-17-34(35)31-25-26-45-39(28-31)38-21-8-11-24-44(38)50-45/h1-29H. The summed E-state index contributed by atoms with van der Waals surface area (Å²) in [5.41, 5.74) is 12.2. The van der Waals surface area contributed by atoms with Crippen molar-refractivity contribution in [3.8, 4) is 50.7 Å². The van der Waals surface area contributed by atoms with Crippen molar-refractivity contribution in [2.45, 2.75) is 0 Å². The number of furan rings is 1. The van der Waals surface area contributed by atoms with Crippen LogP contribution in [0.1, 0.15) is 0 Å². The Labute approximate surface area is 288 Å². The average molecular weight is 640 g/mol. The molecule has 3 aromatic heterocycles. The fourth-order valence-electron chi connectivity index (χ4n) is 7.31. The lowest BCUT2D eigenvalue weighted by Gasteiger charge is -2.14. The second-order valence-electron chi connectivity index (χ2n) is 12.6. The maximum absolute atomic E-state index is 6.15. The molecule has 0 aliphatic heterocycles. The lowest BCUT2D eigenvalue weighted by molar-refractivity contribution is 0.669. The first-order valence-electron chi connectivity index (χ1n) is 16.8. The molecule has 0 saturated heterocycles. The number of para-hydroxylation sites is 3. The molecule has 0 N–H and O–H groups in total. The molecule has 50 heavy (non-hydrogen) atoms. The van der Waals surface area contributed by atoms with Crippen LogP contribution in [0.3, 0.4) is 0 Å². The maximum atomic E-state index is 6.15. The van der Waals surface area contributed by atoms with Gasteiger partial charge in [0.05, 0.1) is 22.4 Å². The average Bonchev–Trinajstić information content (AvgIpc) is 3.74. The molecule has 0 unspecified atom stereocenters. The Morgan fingerprint density at radius 3 is 1.80 bits per heavy atom. The molecule has 0 aliphatic rings. The first-order valence-corrected chi connectivity index (χ1v) is 16.8. The zero-order valence-corrected chi connectivity index (χ0v) is 27.0. The molecule has 10 rings (SSSR count). The van der Waals surface area contributed by atoms with Gasteiger partial charge in [0, 0.05) is 43.9 Å². The molecule has 3 heterocycles. The van der Waals surface area contributed by atoms with Gasteiger partial charge in [-0.1, -0.05) is 127 Å². The first-order chi connectivity index (χ1) is 24.8. The molecule has 10 aromatic rings. The molecule has 234 valence electrons. The van der Waals surface area contributed by atoms with E-state index in [1.807, 2.05) is 30.3 Å². The van der Waals surface area contributed by atoms with E-state index >= 15 is 0 Å². The minimum absolute atomic E-state index is 0.687. The molecule has 4 nitrogen and oxygen atoms in total. The van der Waals surface area contributed by atoms with Gasteiger partial charge in [0.25, 0.3) is 0 Å². The van der Waals surface area contributed by atoms with Crippen LogP contribution in [0, 0.1) is 0 Å². The number of rotatable bonds is 5. The van der Waals surface area contributed by atoms with Crippen molar-refractivity contribution in [3.05, 3.63) is 176 Å². The molecule has 0 saturated carbocycles. The zero-order valence-electron chi connectivity index (χ0n) is 27.0. The smallest absolute Gasteiger partial charge is 0.160 e. The number of fused-ring (bicyclic) bond motifs is 6. The summed E-state index contributed by atoms with van der Waals surface area (Å²) >= 11 is 0. The van der Waals surface area contributed by atoms with Gasteiger partial charge in [-0.25, -0.2) is 9.97 Å². The molecule has 4 heteroatoms. The predicted molar refractivity (Wildman–Crippen MR) is 205 cm³/mol. The minimum Gasteiger partial charge on any atom is -0.456 e. The van der Waals surface area contributed by atoms with Gasteiger partial charge in [0.2, 0.25) is 0 Å². The van der Waals surface area contributed by atoms with Crippen molar-refractivity contribution in [1.29, 1.82) is 0 Å². The lowest BCUT2D eigenvalue weighted by atomic mass is 9.95. The van der Waals surface area contributed by atoms with Gasteiger partial charge < -0.3 is 8.98 Å². The van der Waals surface area contributed by atoms with Gasteiger partial charge in [-0.2, -0.15) is 0 Å². The molecule has 0 amide bonds. The highest BCUT2D eigenvalue weighted by Gasteiger charge is 2.17. The highest BCUT2D eigenvalue weighted by Crippen LogP contribution is 2.38. The van der Waals surface area contributed by atoms with Crippen LogP contribution in [0.25, 0.3) is 94.5 Å². The van der Waals surface area contributed by atoms with Crippen molar-refractivity contribution >= 4 is 43.7 Å². The van der Waals surface area contributed by atoms with Crippen molar-refractivity contribution in [3.63, 3.8) is 0 Å². The SMILES string of the molecule is c1ccc(-c2nc(-c3cccc(-n4c5ccccc5c5ccccc54)c3)cc(-c3ccccc3-c3ccc4oc5ccccc5c4c3)n2)cc1. The molecule has 7 aromatic carbocycles. The summed E-state index contributed by atoms with van der Waals surface area (Å²) in [6.07, 6.45) is 0. The summed E-state index contributed by atoms with van der Waals surface area (Å²) in [7, 11) is 0. The van der Waals surface area contributed by atoms with Crippen LogP contribution in [0.5, 0.6) is 0 Å². The van der Waals surface area contributed by atoms with E-state index in [4.69, 9.17) is 14.4 Å². The molecule has 0 fully saturated rings. The van der Waals surface area contributed by atoms with E-state index in [0.717, 1.165) is 66.8 Å². The van der Waals surface area contributed by atoms with Crippen LogP contribution >= 0.6 is 0 Å². The van der Waals surface area contributed by atoms with Gasteiger partial charge in [-0.15, -0.1) is 0 Å². The van der Waals surface area contributed by atoms with Crippen LogP contribution in [-0.2, 0) is 0 Å². The first kappa shape index (κ1) is 28.3. The third kappa shape index (κ3) is 4.61. The van der Waals surface area contributed by atoms with E-state index in [0.29, 0.717) is 5.82 Å². The Kier molecular flexibility index (Phi) is 6.46. The van der Waals surface area contributed by atoms with Crippen LogP contribution < -0.4 is 0 Å². The number of hydrogen-bond donors (Lipinski definition) is 0. The molecular weight excluding hydrogens is 611 g/mol. The van der Waals surface area contributed by atoms with Crippen molar-refractivity contribution < 1.29 is 4.42 Å². The Morgan fingerprint density at radius 1 is 0.380 bits per heavy atom. The monoisotopic (exact) mass is 639 g/mol. The summed E-state index contributed by atoms with van der Waals surface area (Å²) in [6, 6.07) is 61.4. The molecule has 0 bridgehead atoms. The van der Waals surface area contributed by atoms with Crippen LogP contribution in [0.2, 0.25) is 0 Å². The third-order valence-electron chi connectivity index (χ3n) is 9.63.